The Labute approximate surface area is 106 Å². The molecule has 0 heterocycles. The van der Waals surface area contributed by atoms with Crippen molar-refractivity contribution in [1.29, 1.82) is 0 Å². The summed E-state index contributed by atoms with van der Waals surface area (Å²) < 4.78 is 11.0. The summed E-state index contributed by atoms with van der Waals surface area (Å²) in [5, 5.41) is 3.39. The summed E-state index contributed by atoms with van der Waals surface area (Å²) in [6.07, 6.45) is 4.27. The maximum absolute atomic E-state index is 5.93. The van der Waals surface area contributed by atoms with Gasteiger partial charge in [-0.05, 0) is 38.0 Å². The summed E-state index contributed by atoms with van der Waals surface area (Å²) in [5.41, 5.74) is 0. The molecule has 0 radical (unpaired) electrons. The SMILES string of the molecule is COCC(C)NCCOC1CCC(C)C(C)C1. The van der Waals surface area contributed by atoms with Crippen molar-refractivity contribution in [3.63, 3.8) is 0 Å². The van der Waals surface area contributed by atoms with Gasteiger partial charge < -0.3 is 14.8 Å². The van der Waals surface area contributed by atoms with Gasteiger partial charge >= 0.3 is 0 Å². The van der Waals surface area contributed by atoms with E-state index in [-0.39, 0.29) is 0 Å². The van der Waals surface area contributed by atoms with Gasteiger partial charge in [-0.3, -0.25) is 0 Å². The van der Waals surface area contributed by atoms with Crippen molar-refractivity contribution in [3.05, 3.63) is 0 Å². The predicted molar refractivity (Wildman–Crippen MR) is 71.3 cm³/mol. The highest BCUT2D eigenvalue weighted by atomic mass is 16.5. The van der Waals surface area contributed by atoms with Gasteiger partial charge in [-0.25, -0.2) is 0 Å². The lowest BCUT2D eigenvalue weighted by atomic mass is 9.80. The average molecular weight is 243 g/mol. The zero-order valence-electron chi connectivity index (χ0n) is 11.9. The van der Waals surface area contributed by atoms with Gasteiger partial charge in [0.25, 0.3) is 0 Å². The van der Waals surface area contributed by atoms with Crippen LogP contribution >= 0.6 is 0 Å². The molecular weight excluding hydrogens is 214 g/mol. The summed E-state index contributed by atoms with van der Waals surface area (Å²) in [6.45, 7) is 9.34. The molecule has 3 heteroatoms. The van der Waals surface area contributed by atoms with Crippen LogP contribution in [-0.4, -0.2) is 39.0 Å². The highest BCUT2D eigenvalue weighted by Gasteiger charge is 2.24. The predicted octanol–water partition coefficient (Wildman–Crippen LogP) is 2.45. The molecule has 1 aliphatic carbocycles. The minimum atomic E-state index is 0.411. The molecule has 1 saturated carbocycles. The molecule has 102 valence electrons. The van der Waals surface area contributed by atoms with Crippen LogP contribution in [0.4, 0.5) is 0 Å². The van der Waals surface area contributed by atoms with Crippen molar-refractivity contribution in [2.24, 2.45) is 11.8 Å². The minimum absolute atomic E-state index is 0.411. The van der Waals surface area contributed by atoms with Crippen LogP contribution in [0.5, 0.6) is 0 Å². The molecule has 0 bridgehead atoms. The van der Waals surface area contributed by atoms with Crippen LogP contribution in [0.2, 0.25) is 0 Å². The molecule has 0 amide bonds. The largest absolute Gasteiger partial charge is 0.383 e. The summed E-state index contributed by atoms with van der Waals surface area (Å²) >= 11 is 0. The first kappa shape index (κ1) is 14.9. The van der Waals surface area contributed by atoms with Gasteiger partial charge in [0.2, 0.25) is 0 Å². The minimum Gasteiger partial charge on any atom is -0.383 e. The lowest BCUT2D eigenvalue weighted by molar-refractivity contribution is 0.00307. The first-order valence-electron chi connectivity index (χ1n) is 6.97. The molecule has 1 N–H and O–H groups in total. The van der Waals surface area contributed by atoms with E-state index < -0.39 is 0 Å². The van der Waals surface area contributed by atoms with E-state index in [2.05, 4.69) is 26.1 Å². The number of methoxy groups -OCH3 is 1. The van der Waals surface area contributed by atoms with Crippen LogP contribution in [0, 0.1) is 11.8 Å². The Morgan fingerprint density at radius 3 is 2.65 bits per heavy atom. The normalized spacial score (nSPS) is 31.4. The summed E-state index contributed by atoms with van der Waals surface area (Å²) in [4.78, 5) is 0. The van der Waals surface area contributed by atoms with Crippen LogP contribution in [0.15, 0.2) is 0 Å². The molecule has 0 aromatic heterocycles. The Balaban J connectivity index is 2.03. The van der Waals surface area contributed by atoms with Crippen molar-refractivity contribution in [1.82, 2.24) is 5.32 Å². The number of ether oxygens (including phenoxy) is 2. The average Bonchev–Trinajstić information content (AvgIpc) is 2.29. The van der Waals surface area contributed by atoms with E-state index in [4.69, 9.17) is 9.47 Å². The van der Waals surface area contributed by atoms with E-state index in [9.17, 15) is 0 Å². The Morgan fingerprint density at radius 1 is 1.24 bits per heavy atom. The van der Waals surface area contributed by atoms with E-state index in [0.29, 0.717) is 12.1 Å². The molecule has 0 aliphatic heterocycles. The van der Waals surface area contributed by atoms with E-state index in [1.807, 2.05) is 0 Å². The second kappa shape index (κ2) is 8.06. The van der Waals surface area contributed by atoms with Gasteiger partial charge in [-0.15, -0.1) is 0 Å². The molecule has 4 atom stereocenters. The van der Waals surface area contributed by atoms with Gasteiger partial charge in [-0.2, -0.15) is 0 Å². The van der Waals surface area contributed by atoms with Crippen LogP contribution in [0.25, 0.3) is 0 Å². The van der Waals surface area contributed by atoms with Crippen LogP contribution in [-0.2, 0) is 9.47 Å². The molecule has 1 rings (SSSR count). The Kier molecular flexibility index (Phi) is 7.09. The van der Waals surface area contributed by atoms with E-state index >= 15 is 0 Å². The monoisotopic (exact) mass is 243 g/mol. The van der Waals surface area contributed by atoms with Crippen molar-refractivity contribution >= 4 is 0 Å². The second-order valence-electron chi connectivity index (χ2n) is 5.57. The third-order valence-electron chi connectivity index (χ3n) is 3.92. The number of rotatable bonds is 7. The van der Waals surface area contributed by atoms with Gasteiger partial charge in [0.15, 0.2) is 0 Å². The standard InChI is InChI=1S/C14H29NO2/c1-11-5-6-14(9-12(11)2)17-8-7-15-13(3)10-16-4/h11-15H,5-10H2,1-4H3. The van der Waals surface area contributed by atoms with Crippen LogP contribution in [0.3, 0.4) is 0 Å². The molecule has 0 spiro atoms. The molecule has 0 aromatic rings. The Bertz CT molecular complexity index is 199. The second-order valence-corrected chi connectivity index (χ2v) is 5.57. The van der Waals surface area contributed by atoms with Crippen LogP contribution in [0.1, 0.15) is 40.0 Å². The first-order chi connectivity index (χ1) is 8.13. The first-order valence-corrected chi connectivity index (χ1v) is 6.97. The number of hydrogen-bond donors (Lipinski definition) is 1. The van der Waals surface area contributed by atoms with Gasteiger partial charge in [-0.1, -0.05) is 13.8 Å². The van der Waals surface area contributed by atoms with Crippen molar-refractivity contribution in [2.75, 3.05) is 26.9 Å². The van der Waals surface area contributed by atoms with Crippen molar-refractivity contribution in [3.8, 4) is 0 Å². The maximum Gasteiger partial charge on any atom is 0.0613 e. The molecule has 4 unspecified atom stereocenters. The lowest BCUT2D eigenvalue weighted by Crippen LogP contribution is -2.34. The zero-order chi connectivity index (χ0) is 12.7. The molecular formula is C14H29NO2. The van der Waals surface area contributed by atoms with E-state index in [1.165, 1.54) is 19.3 Å². The topological polar surface area (TPSA) is 30.5 Å². The summed E-state index contributed by atoms with van der Waals surface area (Å²) in [6, 6.07) is 0.411. The summed E-state index contributed by atoms with van der Waals surface area (Å²) in [7, 11) is 1.74. The lowest BCUT2D eigenvalue weighted by Gasteiger charge is -2.32. The molecule has 17 heavy (non-hydrogen) atoms. The van der Waals surface area contributed by atoms with Gasteiger partial charge in [0.1, 0.15) is 0 Å². The van der Waals surface area contributed by atoms with Crippen molar-refractivity contribution in [2.45, 2.75) is 52.2 Å². The highest BCUT2D eigenvalue weighted by molar-refractivity contribution is 4.75. The molecule has 1 fully saturated rings. The molecule has 3 nitrogen and oxygen atoms in total. The molecule has 1 aliphatic rings. The third-order valence-corrected chi connectivity index (χ3v) is 3.92. The third kappa shape index (κ3) is 5.84. The fourth-order valence-electron chi connectivity index (χ4n) is 2.49. The van der Waals surface area contributed by atoms with Crippen molar-refractivity contribution < 1.29 is 9.47 Å². The quantitative estimate of drug-likeness (QED) is 0.697. The fourth-order valence-corrected chi connectivity index (χ4v) is 2.49. The Morgan fingerprint density at radius 2 is 2.00 bits per heavy atom. The fraction of sp³-hybridized carbons (Fsp3) is 1.00. The smallest absolute Gasteiger partial charge is 0.0613 e. The van der Waals surface area contributed by atoms with Gasteiger partial charge in [0.05, 0.1) is 19.3 Å². The summed E-state index contributed by atoms with van der Waals surface area (Å²) in [5.74, 6) is 1.68. The number of nitrogens with one attached hydrogen (secondary N) is 1. The molecule has 0 aromatic carbocycles. The van der Waals surface area contributed by atoms with E-state index in [0.717, 1.165) is 31.6 Å². The van der Waals surface area contributed by atoms with E-state index in [1.54, 1.807) is 7.11 Å². The van der Waals surface area contributed by atoms with Crippen LogP contribution < -0.4 is 5.32 Å². The zero-order valence-corrected chi connectivity index (χ0v) is 11.9. The highest BCUT2D eigenvalue weighted by Crippen LogP contribution is 2.30. The molecule has 0 saturated heterocycles. The van der Waals surface area contributed by atoms with Gasteiger partial charge in [0, 0.05) is 19.7 Å². The number of hydrogen-bond acceptors (Lipinski definition) is 3. The maximum atomic E-state index is 5.93. The Hall–Kier alpha value is -0.120.